The van der Waals surface area contributed by atoms with E-state index >= 15 is 0 Å². The van der Waals surface area contributed by atoms with E-state index in [0.29, 0.717) is 24.7 Å². The lowest BCUT2D eigenvalue weighted by Crippen LogP contribution is -2.25. The molecule has 0 saturated carbocycles. The third-order valence-electron chi connectivity index (χ3n) is 2.49. The van der Waals surface area contributed by atoms with Crippen LogP contribution in [-0.4, -0.2) is 35.2 Å². The van der Waals surface area contributed by atoms with Crippen molar-refractivity contribution >= 4 is 0 Å². The number of ether oxygens (including phenoxy) is 3. The van der Waals surface area contributed by atoms with Crippen molar-refractivity contribution in [3.05, 3.63) is 23.9 Å². The van der Waals surface area contributed by atoms with Crippen LogP contribution < -0.4 is 4.74 Å². The number of hydrogen-bond acceptors (Lipinski definition) is 5. The van der Waals surface area contributed by atoms with Crippen LogP contribution in [0.5, 0.6) is 5.88 Å². The number of pyridine rings is 1. The van der Waals surface area contributed by atoms with E-state index in [-0.39, 0.29) is 12.7 Å². The summed E-state index contributed by atoms with van der Waals surface area (Å²) in [6.45, 7) is 4.53. The molecule has 1 aromatic heterocycles. The van der Waals surface area contributed by atoms with E-state index in [4.69, 9.17) is 19.3 Å². The van der Waals surface area contributed by atoms with Crippen molar-refractivity contribution in [2.75, 3.05) is 13.2 Å². The lowest BCUT2D eigenvalue weighted by atomic mass is 10.3. The normalized spacial score (nSPS) is 22.6. The predicted molar refractivity (Wildman–Crippen MR) is 60.6 cm³/mol. The summed E-state index contributed by atoms with van der Waals surface area (Å²) in [7, 11) is 0. The van der Waals surface area contributed by atoms with Crippen molar-refractivity contribution in [2.24, 2.45) is 0 Å². The monoisotopic (exact) mass is 239 g/mol. The molecule has 5 heteroatoms. The zero-order chi connectivity index (χ0) is 12.3. The van der Waals surface area contributed by atoms with Crippen LogP contribution in [0.1, 0.15) is 19.4 Å². The summed E-state index contributed by atoms with van der Waals surface area (Å²) in [5.74, 6) is -0.0962. The zero-order valence-electron chi connectivity index (χ0n) is 10.0. The molecule has 1 aromatic rings. The first-order chi connectivity index (χ1) is 8.11. The standard InChI is InChI=1S/C12H17NO4/c1-12(2)16-8-10(17-12)7-15-11-9(6-14)4-3-5-13-11/h3-5,10,14H,6-8H2,1-2H3/t10-/m1/s1. The van der Waals surface area contributed by atoms with Crippen LogP contribution in [0.4, 0.5) is 0 Å². The molecule has 1 aliphatic heterocycles. The van der Waals surface area contributed by atoms with Gasteiger partial charge in [0.05, 0.1) is 13.2 Å². The van der Waals surface area contributed by atoms with Crippen LogP contribution in [0.3, 0.4) is 0 Å². The summed E-state index contributed by atoms with van der Waals surface area (Å²) >= 11 is 0. The van der Waals surface area contributed by atoms with Gasteiger partial charge in [-0.15, -0.1) is 0 Å². The second-order valence-corrected chi connectivity index (χ2v) is 4.39. The van der Waals surface area contributed by atoms with Gasteiger partial charge in [-0.2, -0.15) is 0 Å². The SMILES string of the molecule is CC1(C)OC[C@@H](COc2ncccc2CO)O1. The Balaban J connectivity index is 1.90. The third kappa shape index (κ3) is 3.15. The van der Waals surface area contributed by atoms with Gasteiger partial charge in [0.2, 0.25) is 5.88 Å². The molecule has 1 atom stereocenters. The summed E-state index contributed by atoms with van der Waals surface area (Å²) in [6.07, 6.45) is 1.53. The molecule has 94 valence electrons. The number of hydrogen-bond donors (Lipinski definition) is 1. The molecule has 0 aromatic carbocycles. The lowest BCUT2D eigenvalue weighted by molar-refractivity contribution is -0.141. The molecule has 1 aliphatic rings. The molecule has 0 amide bonds. The highest BCUT2D eigenvalue weighted by atomic mass is 16.7. The Morgan fingerprint density at radius 2 is 2.41 bits per heavy atom. The second-order valence-electron chi connectivity index (χ2n) is 4.39. The van der Waals surface area contributed by atoms with E-state index in [9.17, 15) is 0 Å². The quantitative estimate of drug-likeness (QED) is 0.852. The molecule has 0 spiro atoms. The number of nitrogens with zero attached hydrogens (tertiary/aromatic N) is 1. The Hall–Kier alpha value is -1.17. The fraction of sp³-hybridized carbons (Fsp3) is 0.583. The van der Waals surface area contributed by atoms with E-state index < -0.39 is 5.79 Å². The van der Waals surface area contributed by atoms with E-state index in [0.717, 1.165) is 0 Å². The highest BCUT2D eigenvalue weighted by Crippen LogP contribution is 2.23. The van der Waals surface area contributed by atoms with Gasteiger partial charge in [0.1, 0.15) is 12.7 Å². The number of aliphatic hydroxyl groups excluding tert-OH is 1. The molecule has 17 heavy (non-hydrogen) atoms. The van der Waals surface area contributed by atoms with Gasteiger partial charge >= 0.3 is 0 Å². The maximum Gasteiger partial charge on any atom is 0.218 e. The van der Waals surface area contributed by atoms with Gasteiger partial charge in [0.25, 0.3) is 0 Å². The zero-order valence-corrected chi connectivity index (χ0v) is 10.0. The van der Waals surface area contributed by atoms with Crippen molar-refractivity contribution in [1.82, 2.24) is 4.98 Å². The summed E-state index contributed by atoms with van der Waals surface area (Å²) in [5, 5.41) is 9.12. The summed E-state index contributed by atoms with van der Waals surface area (Å²) in [4.78, 5) is 4.07. The minimum Gasteiger partial charge on any atom is -0.475 e. The minimum atomic E-state index is -0.544. The van der Waals surface area contributed by atoms with Crippen LogP contribution in [0.2, 0.25) is 0 Å². The maximum atomic E-state index is 9.12. The Bertz CT molecular complexity index is 381. The smallest absolute Gasteiger partial charge is 0.218 e. The van der Waals surface area contributed by atoms with Crippen molar-refractivity contribution in [1.29, 1.82) is 0 Å². The van der Waals surface area contributed by atoms with E-state index in [1.54, 1.807) is 18.3 Å². The average molecular weight is 239 g/mol. The summed E-state index contributed by atoms with van der Waals surface area (Å²) in [6, 6.07) is 3.54. The Kier molecular flexibility index (Phi) is 3.61. The van der Waals surface area contributed by atoms with Crippen LogP contribution in [0, 0.1) is 0 Å². The fourth-order valence-corrected chi connectivity index (χ4v) is 1.69. The number of aliphatic hydroxyl groups is 1. The molecule has 2 rings (SSSR count). The molecule has 5 nitrogen and oxygen atoms in total. The minimum absolute atomic E-state index is 0.0866. The second kappa shape index (κ2) is 5.00. The first-order valence-corrected chi connectivity index (χ1v) is 5.60. The summed E-state index contributed by atoms with van der Waals surface area (Å²) < 4.78 is 16.6. The van der Waals surface area contributed by atoms with Crippen molar-refractivity contribution in [3.63, 3.8) is 0 Å². The molecule has 0 aliphatic carbocycles. The van der Waals surface area contributed by atoms with Gasteiger partial charge in [-0.1, -0.05) is 0 Å². The molecule has 1 fully saturated rings. The van der Waals surface area contributed by atoms with Gasteiger partial charge in [0.15, 0.2) is 5.79 Å². The van der Waals surface area contributed by atoms with Crippen molar-refractivity contribution in [3.8, 4) is 5.88 Å². The average Bonchev–Trinajstić information content (AvgIpc) is 2.67. The van der Waals surface area contributed by atoms with Gasteiger partial charge in [-0.3, -0.25) is 0 Å². The third-order valence-corrected chi connectivity index (χ3v) is 2.49. The molecular formula is C12H17NO4. The molecule has 2 heterocycles. The van der Waals surface area contributed by atoms with E-state index in [1.165, 1.54) is 0 Å². The topological polar surface area (TPSA) is 60.8 Å². The first-order valence-electron chi connectivity index (χ1n) is 5.60. The van der Waals surface area contributed by atoms with Crippen LogP contribution in [0.25, 0.3) is 0 Å². The Labute approximate surface area is 100 Å². The maximum absolute atomic E-state index is 9.12. The van der Waals surface area contributed by atoms with Gasteiger partial charge in [-0.05, 0) is 26.0 Å². The van der Waals surface area contributed by atoms with E-state index in [2.05, 4.69) is 4.98 Å². The van der Waals surface area contributed by atoms with E-state index in [1.807, 2.05) is 13.8 Å². The lowest BCUT2D eigenvalue weighted by Gasteiger charge is -2.17. The number of rotatable bonds is 4. The van der Waals surface area contributed by atoms with Crippen LogP contribution in [-0.2, 0) is 16.1 Å². The predicted octanol–water partition coefficient (Wildman–Crippen LogP) is 1.10. The first kappa shape index (κ1) is 12.3. The largest absolute Gasteiger partial charge is 0.475 e. The van der Waals surface area contributed by atoms with Gasteiger partial charge in [0, 0.05) is 11.8 Å². The van der Waals surface area contributed by atoms with Crippen LogP contribution in [0.15, 0.2) is 18.3 Å². The fourth-order valence-electron chi connectivity index (χ4n) is 1.69. The molecular weight excluding hydrogens is 222 g/mol. The molecule has 0 unspecified atom stereocenters. The van der Waals surface area contributed by atoms with Gasteiger partial charge in [-0.25, -0.2) is 4.98 Å². The Morgan fingerprint density at radius 1 is 1.59 bits per heavy atom. The van der Waals surface area contributed by atoms with Crippen molar-refractivity contribution < 1.29 is 19.3 Å². The summed E-state index contributed by atoms with van der Waals surface area (Å²) in [5.41, 5.74) is 0.672. The van der Waals surface area contributed by atoms with Gasteiger partial charge < -0.3 is 19.3 Å². The van der Waals surface area contributed by atoms with Crippen LogP contribution >= 0.6 is 0 Å². The molecule has 0 radical (unpaired) electrons. The molecule has 1 N–H and O–H groups in total. The molecule has 1 saturated heterocycles. The number of aromatic nitrogens is 1. The Morgan fingerprint density at radius 3 is 3.06 bits per heavy atom. The highest BCUT2D eigenvalue weighted by molar-refractivity contribution is 5.24. The highest BCUT2D eigenvalue weighted by Gasteiger charge is 2.33. The van der Waals surface area contributed by atoms with Crippen molar-refractivity contribution in [2.45, 2.75) is 32.3 Å². The molecule has 0 bridgehead atoms.